The lowest BCUT2D eigenvalue weighted by Crippen LogP contribution is -2.41. The van der Waals surface area contributed by atoms with Crippen LogP contribution in [0.2, 0.25) is 0 Å². The van der Waals surface area contributed by atoms with Crippen molar-refractivity contribution in [1.82, 2.24) is 25.1 Å². The van der Waals surface area contributed by atoms with Crippen molar-refractivity contribution in [3.8, 4) is 17.1 Å². The van der Waals surface area contributed by atoms with E-state index in [0.717, 1.165) is 30.0 Å². The molecule has 0 radical (unpaired) electrons. The lowest BCUT2D eigenvalue weighted by Gasteiger charge is -2.32. The van der Waals surface area contributed by atoms with Gasteiger partial charge in [0.2, 0.25) is 0 Å². The number of aromatic amines is 1. The van der Waals surface area contributed by atoms with E-state index in [2.05, 4.69) is 20.2 Å². The van der Waals surface area contributed by atoms with Gasteiger partial charge < -0.3 is 9.64 Å². The van der Waals surface area contributed by atoms with Crippen LogP contribution >= 0.6 is 0 Å². The second-order valence-electron chi connectivity index (χ2n) is 6.20. The number of hydrogen-bond acceptors (Lipinski definition) is 5. The van der Waals surface area contributed by atoms with Crippen molar-refractivity contribution in [1.29, 1.82) is 0 Å². The quantitative estimate of drug-likeness (QED) is 0.782. The molecule has 1 fully saturated rings. The van der Waals surface area contributed by atoms with Crippen LogP contribution in [-0.4, -0.2) is 50.2 Å². The number of rotatable bonds is 4. The predicted molar refractivity (Wildman–Crippen MR) is 95.6 cm³/mol. The SMILES string of the molecule is O=C(c1ccc(-c2ccn[nH]2)nc1)N1CCC(Oc2cccnc2)CC1. The van der Waals surface area contributed by atoms with Gasteiger partial charge in [-0.25, -0.2) is 0 Å². The minimum Gasteiger partial charge on any atom is -0.489 e. The van der Waals surface area contributed by atoms with E-state index in [1.807, 2.05) is 35.2 Å². The number of hydrogen-bond donors (Lipinski definition) is 1. The maximum Gasteiger partial charge on any atom is 0.255 e. The highest BCUT2D eigenvalue weighted by Gasteiger charge is 2.25. The van der Waals surface area contributed by atoms with E-state index in [0.29, 0.717) is 18.7 Å². The molecule has 4 heterocycles. The highest BCUT2D eigenvalue weighted by molar-refractivity contribution is 5.94. The minimum absolute atomic E-state index is 0.00786. The van der Waals surface area contributed by atoms with E-state index in [4.69, 9.17) is 4.74 Å². The van der Waals surface area contributed by atoms with E-state index in [9.17, 15) is 4.79 Å². The molecular weight excluding hydrogens is 330 g/mol. The molecule has 7 nitrogen and oxygen atoms in total. The Morgan fingerprint density at radius 3 is 2.65 bits per heavy atom. The molecule has 1 aliphatic rings. The first-order chi connectivity index (χ1) is 12.8. The van der Waals surface area contributed by atoms with Crippen molar-refractivity contribution in [3.63, 3.8) is 0 Å². The predicted octanol–water partition coefficient (Wildman–Crippen LogP) is 2.55. The van der Waals surface area contributed by atoms with Gasteiger partial charge in [-0.05, 0) is 30.3 Å². The maximum atomic E-state index is 12.7. The van der Waals surface area contributed by atoms with E-state index in [1.165, 1.54) is 0 Å². The fourth-order valence-corrected chi connectivity index (χ4v) is 3.05. The molecule has 26 heavy (non-hydrogen) atoms. The van der Waals surface area contributed by atoms with Crippen LogP contribution in [0.1, 0.15) is 23.2 Å². The van der Waals surface area contributed by atoms with E-state index < -0.39 is 0 Å². The van der Waals surface area contributed by atoms with Gasteiger partial charge in [0.1, 0.15) is 11.9 Å². The van der Waals surface area contributed by atoms with Crippen molar-refractivity contribution in [2.75, 3.05) is 13.1 Å². The molecule has 0 aromatic carbocycles. The lowest BCUT2D eigenvalue weighted by atomic mass is 10.1. The third kappa shape index (κ3) is 3.56. The van der Waals surface area contributed by atoms with Gasteiger partial charge in [-0.3, -0.25) is 19.9 Å². The average Bonchev–Trinajstić information content (AvgIpc) is 3.24. The Morgan fingerprint density at radius 1 is 1.12 bits per heavy atom. The van der Waals surface area contributed by atoms with Crippen LogP contribution in [0.25, 0.3) is 11.4 Å². The summed E-state index contributed by atoms with van der Waals surface area (Å²) < 4.78 is 5.92. The summed E-state index contributed by atoms with van der Waals surface area (Å²) in [6, 6.07) is 9.24. The molecule has 0 bridgehead atoms. The highest BCUT2D eigenvalue weighted by atomic mass is 16.5. The number of pyridine rings is 2. The number of carbonyl (C=O) groups is 1. The van der Waals surface area contributed by atoms with Gasteiger partial charge >= 0.3 is 0 Å². The number of nitrogens with zero attached hydrogens (tertiary/aromatic N) is 4. The maximum absolute atomic E-state index is 12.7. The summed E-state index contributed by atoms with van der Waals surface area (Å²) in [5.74, 6) is 0.782. The van der Waals surface area contributed by atoms with Gasteiger partial charge in [0.15, 0.2) is 0 Å². The fourth-order valence-electron chi connectivity index (χ4n) is 3.05. The number of carbonyl (C=O) groups excluding carboxylic acids is 1. The summed E-state index contributed by atoms with van der Waals surface area (Å²) in [5.41, 5.74) is 2.19. The first-order valence-corrected chi connectivity index (χ1v) is 8.61. The molecule has 0 unspecified atom stereocenters. The molecule has 7 heteroatoms. The first-order valence-electron chi connectivity index (χ1n) is 8.61. The summed E-state index contributed by atoms with van der Waals surface area (Å²) in [4.78, 5) is 22.9. The molecule has 3 aromatic heterocycles. The Balaban J connectivity index is 1.34. The number of likely N-dealkylation sites (tertiary alicyclic amines) is 1. The molecule has 1 saturated heterocycles. The van der Waals surface area contributed by atoms with Crippen LogP contribution < -0.4 is 4.74 Å². The van der Waals surface area contributed by atoms with Crippen LogP contribution in [0, 0.1) is 0 Å². The Morgan fingerprint density at radius 2 is 2.00 bits per heavy atom. The van der Waals surface area contributed by atoms with Gasteiger partial charge in [0.25, 0.3) is 5.91 Å². The van der Waals surface area contributed by atoms with Crippen molar-refractivity contribution in [2.24, 2.45) is 0 Å². The van der Waals surface area contributed by atoms with Crippen molar-refractivity contribution in [2.45, 2.75) is 18.9 Å². The first kappa shape index (κ1) is 16.3. The Hall–Kier alpha value is -3.22. The molecular formula is C19H19N5O2. The summed E-state index contributed by atoms with van der Waals surface area (Å²) in [6.45, 7) is 1.35. The van der Waals surface area contributed by atoms with Crippen molar-refractivity contribution < 1.29 is 9.53 Å². The Labute approximate surface area is 151 Å². The summed E-state index contributed by atoms with van der Waals surface area (Å²) in [5, 5.41) is 6.77. The van der Waals surface area contributed by atoms with Crippen LogP contribution in [0.4, 0.5) is 0 Å². The number of amides is 1. The fraction of sp³-hybridized carbons (Fsp3) is 0.263. The zero-order valence-electron chi connectivity index (χ0n) is 14.2. The van der Waals surface area contributed by atoms with Crippen molar-refractivity contribution >= 4 is 5.91 Å². The highest BCUT2D eigenvalue weighted by Crippen LogP contribution is 2.20. The molecule has 0 aliphatic carbocycles. The smallest absolute Gasteiger partial charge is 0.255 e. The van der Waals surface area contributed by atoms with Crippen LogP contribution in [-0.2, 0) is 0 Å². The van der Waals surface area contributed by atoms with Gasteiger partial charge in [0.05, 0.1) is 23.1 Å². The zero-order valence-corrected chi connectivity index (χ0v) is 14.2. The standard InChI is InChI=1S/C19H19N5O2/c25-19(14-3-4-17(21-12-14)18-5-9-22-23-18)24-10-6-15(7-11-24)26-16-2-1-8-20-13-16/h1-5,8-9,12-13,15H,6-7,10-11H2,(H,22,23). The minimum atomic E-state index is 0.00786. The number of H-pyrrole nitrogens is 1. The molecule has 1 N–H and O–H groups in total. The summed E-state index contributed by atoms with van der Waals surface area (Å²) in [7, 11) is 0. The van der Waals surface area contributed by atoms with Gasteiger partial charge in [0, 0.05) is 44.5 Å². The zero-order chi connectivity index (χ0) is 17.8. The normalized spacial score (nSPS) is 15.0. The topological polar surface area (TPSA) is 84.0 Å². The molecule has 132 valence electrons. The number of piperidine rings is 1. The molecule has 0 atom stereocenters. The van der Waals surface area contributed by atoms with Gasteiger partial charge in [-0.2, -0.15) is 5.10 Å². The molecule has 1 amide bonds. The van der Waals surface area contributed by atoms with Gasteiger partial charge in [-0.1, -0.05) is 0 Å². The second-order valence-corrected chi connectivity index (χ2v) is 6.20. The third-order valence-electron chi connectivity index (χ3n) is 4.45. The van der Waals surface area contributed by atoms with Crippen LogP contribution in [0.5, 0.6) is 5.75 Å². The molecule has 0 saturated carbocycles. The Bertz CT molecular complexity index is 841. The van der Waals surface area contributed by atoms with Crippen LogP contribution in [0.15, 0.2) is 55.1 Å². The number of ether oxygens (including phenoxy) is 1. The third-order valence-corrected chi connectivity index (χ3v) is 4.45. The largest absolute Gasteiger partial charge is 0.489 e. The second kappa shape index (κ2) is 7.35. The average molecular weight is 349 g/mol. The molecule has 3 aromatic rings. The summed E-state index contributed by atoms with van der Waals surface area (Å²) in [6.07, 6.45) is 8.46. The number of nitrogens with one attached hydrogen (secondary N) is 1. The molecule has 1 aliphatic heterocycles. The van der Waals surface area contributed by atoms with Crippen molar-refractivity contribution in [3.05, 3.63) is 60.7 Å². The van der Waals surface area contributed by atoms with Gasteiger partial charge in [-0.15, -0.1) is 0 Å². The molecule has 0 spiro atoms. The monoisotopic (exact) mass is 349 g/mol. The van der Waals surface area contributed by atoms with E-state index in [1.54, 1.807) is 24.8 Å². The van der Waals surface area contributed by atoms with Crippen LogP contribution in [0.3, 0.4) is 0 Å². The lowest BCUT2D eigenvalue weighted by molar-refractivity contribution is 0.0594. The Kier molecular flexibility index (Phi) is 4.59. The number of aromatic nitrogens is 4. The molecule has 4 rings (SSSR count). The van der Waals surface area contributed by atoms with E-state index >= 15 is 0 Å². The summed E-state index contributed by atoms with van der Waals surface area (Å²) >= 11 is 0. The van der Waals surface area contributed by atoms with E-state index in [-0.39, 0.29) is 12.0 Å².